The quantitative estimate of drug-likeness (QED) is 0.930. The fourth-order valence-corrected chi connectivity index (χ4v) is 3.41. The highest BCUT2D eigenvalue weighted by molar-refractivity contribution is 5.91. The van der Waals surface area contributed by atoms with Crippen LogP contribution in [0.25, 0.3) is 0 Å². The number of carbonyl (C=O) groups excluding carboxylic acids is 1. The molecular formula is C17H20FNO3. The number of amides is 1. The van der Waals surface area contributed by atoms with E-state index in [1.807, 2.05) is 4.90 Å². The van der Waals surface area contributed by atoms with E-state index < -0.39 is 11.4 Å². The van der Waals surface area contributed by atoms with Crippen molar-refractivity contribution in [3.63, 3.8) is 0 Å². The zero-order valence-corrected chi connectivity index (χ0v) is 12.4. The van der Waals surface area contributed by atoms with E-state index in [4.69, 9.17) is 5.11 Å². The molecule has 1 aromatic rings. The Morgan fingerprint density at radius 1 is 1.18 bits per heavy atom. The molecule has 0 bridgehead atoms. The molecule has 3 rings (SSSR count). The van der Waals surface area contributed by atoms with Crippen molar-refractivity contribution in [1.29, 1.82) is 0 Å². The fraction of sp³-hybridized carbons (Fsp3) is 0.529. The molecule has 0 unspecified atom stereocenters. The molecule has 0 radical (unpaired) electrons. The van der Waals surface area contributed by atoms with Crippen molar-refractivity contribution in [3.8, 4) is 0 Å². The summed E-state index contributed by atoms with van der Waals surface area (Å²) < 4.78 is 13.1. The SMILES string of the molecule is O=C(O)CC1CCN(C(=O)C2(c3ccc(F)cc3)CC2)CC1. The molecule has 1 aliphatic heterocycles. The summed E-state index contributed by atoms with van der Waals surface area (Å²) in [5.41, 5.74) is 0.430. The molecule has 2 fully saturated rings. The van der Waals surface area contributed by atoms with Crippen LogP contribution in [0.5, 0.6) is 0 Å². The van der Waals surface area contributed by atoms with Gasteiger partial charge in [-0.05, 0) is 49.3 Å². The minimum absolute atomic E-state index is 0.118. The van der Waals surface area contributed by atoms with Crippen LogP contribution in [0, 0.1) is 11.7 Å². The molecule has 1 amide bonds. The number of aliphatic carboxylic acids is 1. The molecule has 1 heterocycles. The molecule has 2 aliphatic rings. The van der Waals surface area contributed by atoms with Crippen LogP contribution in [-0.2, 0) is 15.0 Å². The maximum Gasteiger partial charge on any atom is 0.303 e. The molecule has 4 nitrogen and oxygen atoms in total. The van der Waals surface area contributed by atoms with Crippen LogP contribution in [0.1, 0.15) is 37.7 Å². The van der Waals surface area contributed by atoms with E-state index >= 15 is 0 Å². The minimum atomic E-state index is -0.769. The van der Waals surface area contributed by atoms with E-state index in [1.165, 1.54) is 12.1 Å². The van der Waals surface area contributed by atoms with Gasteiger partial charge in [0.1, 0.15) is 5.82 Å². The molecule has 1 aromatic carbocycles. The first-order valence-electron chi connectivity index (χ1n) is 7.78. The zero-order chi connectivity index (χ0) is 15.7. The van der Waals surface area contributed by atoms with Gasteiger partial charge < -0.3 is 10.0 Å². The number of rotatable bonds is 4. The van der Waals surface area contributed by atoms with Gasteiger partial charge in [0.2, 0.25) is 5.91 Å². The van der Waals surface area contributed by atoms with Crippen LogP contribution in [0.15, 0.2) is 24.3 Å². The van der Waals surface area contributed by atoms with Gasteiger partial charge in [-0.1, -0.05) is 12.1 Å². The van der Waals surface area contributed by atoms with Crippen LogP contribution < -0.4 is 0 Å². The molecular weight excluding hydrogens is 285 g/mol. The Hall–Kier alpha value is -1.91. The Bertz CT molecular complexity index is 572. The van der Waals surface area contributed by atoms with E-state index in [-0.39, 0.29) is 24.1 Å². The number of nitrogens with zero attached hydrogens (tertiary/aromatic N) is 1. The number of carbonyl (C=O) groups is 2. The average molecular weight is 305 g/mol. The van der Waals surface area contributed by atoms with Crippen LogP contribution >= 0.6 is 0 Å². The van der Waals surface area contributed by atoms with Crippen molar-refractivity contribution in [2.24, 2.45) is 5.92 Å². The summed E-state index contributed by atoms with van der Waals surface area (Å²) in [5.74, 6) is -0.772. The van der Waals surface area contributed by atoms with Crippen molar-refractivity contribution in [1.82, 2.24) is 4.90 Å². The second-order valence-corrected chi connectivity index (χ2v) is 6.42. The highest BCUT2D eigenvalue weighted by atomic mass is 19.1. The number of piperidine rings is 1. The van der Waals surface area contributed by atoms with E-state index in [1.54, 1.807) is 12.1 Å². The van der Waals surface area contributed by atoms with E-state index in [0.29, 0.717) is 13.1 Å². The number of hydrogen-bond acceptors (Lipinski definition) is 2. The summed E-state index contributed by atoms with van der Waals surface area (Å²) in [6.45, 7) is 1.25. The number of likely N-dealkylation sites (tertiary alicyclic amines) is 1. The number of halogens is 1. The summed E-state index contributed by atoms with van der Waals surface area (Å²) in [5, 5.41) is 8.84. The van der Waals surface area contributed by atoms with Crippen molar-refractivity contribution < 1.29 is 19.1 Å². The lowest BCUT2D eigenvalue weighted by molar-refractivity contribution is -0.139. The van der Waals surface area contributed by atoms with Gasteiger partial charge in [-0.3, -0.25) is 9.59 Å². The number of carboxylic acids is 1. The van der Waals surface area contributed by atoms with Crippen molar-refractivity contribution in [2.75, 3.05) is 13.1 Å². The largest absolute Gasteiger partial charge is 0.481 e. The van der Waals surface area contributed by atoms with Crippen LogP contribution in [-0.4, -0.2) is 35.0 Å². The van der Waals surface area contributed by atoms with Crippen LogP contribution in [0.2, 0.25) is 0 Å². The second kappa shape index (κ2) is 5.71. The summed E-state index contributed by atoms with van der Waals surface area (Å²) in [6.07, 6.45) is 3.30. The summed E-state index contributed by atoms with van der Waals surface area (Å²) in [4.78, 5) is 25.4. The lowest BCUT2D eigenvalue weighted by Crippen LogP contribution is -2.44. The number of benzene rings is 1. The normalized spacial score (nSPS) is 20.7. The lowest BCUT2D eigenvalue weighted by atomic mass is 9.90. The molecule has 22 heavy (non-hydrogen) atoms. The Morgan fingerprint density at radius 3 is 2.27 bits per heavy atom. The highest BCUT2D eigenvalue weighted by Gasteiger charge is 2.53. The predicted molar refractivity (Wildman–Crippen MR) is 78.9 cm³/mol. The van der Waals surface area contributed by atoms with Gasteiger partial charge in [0, 0.05) is 19.5 Å². The maximum absolute atomic E-state index is 13.1. The second-order valence-electron chi connectivity index (χ2n) is 6.42. The molecule has 0 atom stereocenters. The topological polar surface area (TPSA) is 57.6 Å². The molecule has 1 saturated carbocycles. The van der Waals surface area contributed by atoms with Gasteiger partial charge in [0.05, 0.1) is 5.41 Å². The van der Waals surface area contributed by atoms with Gasteiger partial charge in [-0.15, -0.1) is 0 Å². The first-order valence-corrected chi connectivity index (χ1v) is 7.78. The zero-order valence-electron chi connectivity index (χ0n) is 12.4. The summed E-state index contributed by atoms with van der Waals surface area (Å²) >= 11 is 0. The third kappa shape index (κ3) is 2.85. The third-order valence-electron chi connectivity index (χ3n) is 4.92. The Morgan fingerprint density at radius 2 is 1.77 bits per heavy atom. The molecule has 1 N–H and O–H groups in total. The predicted octanol–water partition coefficient (Wildman–Crippen LogP) is 2.57. The van der Waals surface area contributed by atoms with Crippen LogP contribution in [0.4, 0.5) is 4.39 Å². The van der Waals surface area contributed by atoms with Gasteiger partial charge in [-0.2, -0.15) is 0 Å². The van der Waals surface area contributed by atoms with E-state index in [9.17, 15) is 14.0 Å². The van der Waals surface area contributed by atoms with E-state index in [0.717, 1.165) is 31.2 Å². The minimum Gasteiger partial charge on any atom is -0.481 e. The molecule has 118 valence electrons. The van der Waals surface area contributed by atoms with Gasteiger partial charge >= 0.3 is 5.97 Å². The van der Waals surface area contributed by atoms with Crippen molar-refractivity contribution in [3.05, 3.63) is 35.6 Å². The number of hydrogen-bond donors (Lipinski definition) is 1. The maximum atomic E-state index is 13.1. The highest BCUT2D eigenvalue weighted by Crippen LogP contribution is 2.50. The molecule has 5 heteroatoms. The Balaban J connectivity index is 1.65. The van der Waals surface area contributed by atoms with Gasteiger partial charge in [0.15, 0.2) is 0 Å². The Kier molecular flexibility index (Phi) is 3.89. The summed E-state index contributed by atoms with van der Waals surface area (Å²) in [7, 11) is 0. The standard InChI is InChI=1S/C17H20FNO3/c18-14-3-1-13(2-4-14)17(7-8-17)16(22)19-9-5-12(6-10-19)11-15(20)21/h1-4,12H,5-11H2,(H,20,21). The lowest BCUT2D eigenvalue weighted by Gasteiger charge is -2.34. The summed E-state index contributed by atoms with van der Waals surface area (Å²) in [6, 6.07) is 6.22. The van der Waals surface area contributed by atoms with Gasteiger partial charge in [-0.25, -0.2) is 4.39 Å². The monoisotopic (exact) mass is 305 g/mol. The van der Waals surface area contributed by atoms with Gasteiger partial charge in [0.25, 0.3) is 0 Å². The Labute approximate surface area is 128 Å². The molecule has 0 aromatic heterocycles. The molecule has 1 aliphatic carbocycles. The first-order chi connectivity index (χ1) is 10.5. The fourth-order valence-electron chi connectivity index (χ4n) is 3.41. The number of carboxylic acid groups (broad SMARTS) is 1. The first kappa shape index (κ1) is 15.0. The van der Waals surface area contributed by atoms with Crippen molar-refractivity contribution >= 4 is 11.9 Å². The molecule has 1 saturated heterocycles. The third-order valence-corrected chi connectivity index (χ3v) is 4.92. The molecule has 0 spiro atoms. The van der Waals surface area contributed by atoms with Crippen molar-refractivity contribution in [2.45, 2.75) is 37.5 Å². The van der Waals surface area contributed by atoms with E-state index in [2.05, 4.69) is 0 Å². The smallest absolute Gasteiger partial charge is 0.303 e. The van der Waals surface area contributed by atoms with Crippen LogP contribution in [0.3, 0.4) is 0 Å². The average Bonchev–Trinajstić information content (AvgIpc) is 3.29.